The van der Waals surface area contributed by atoms with Gasteiger partial charge in [0.2, 0.25) is 0 Å². The van der Waals surface area contributed by atoms with Gasteiger partial charge < -0.3 is 5.32 Å². The van der Waals surface area contributed by atoms with Gasteiger partial charge in [-0.1, -0.05) is 11.3 Å². The second kappa shape index (κ2) is 6.49. The van der Waals surface area contributed by atoms with Crippen LogP contribution in [0.1, 0.15) is 24.4 Å². The van der Waals surface area contributed by atoms with Gasteiger partial charge in [-0.25, -0.2) is 9.78 Å². The number of hydrogen-bond acceptors (Lipinski definition) is 5. The zero-order chi connectivity index (χ0) is 16.5. The van der Waals surface area contributed by atoms with E-state index >= 15 is 0 Å². The summed E-state index contributed by atoms with van der Waals surface area (Å²) in [4.78, 5) is 16.9. The van der Waals surface area contributed by atoms with E-state index in [1.54, 1.807) is 0 Å². The molecular formula is C12H21N5O3S2. The third kappa shape index (κ3) is 3.75. The van der Waals surface area contributed by atoms with Gasteiger partial charge in [0.15, 0.2) is 5.13 Å². The molecule has 0 aromatic carbocycles. The molecule has 1 aromatic rings. The van der Waals surface area contributed by atoms with Crippen molar-refractivity contribution in [3.63, 3.8) is 0 Å². The second-order valence-electron chi connectivity index (χ2n) is 5.52. The van der Waals surface area contributed by atoms with E-state index in [-0.39, 0.29) is 12.1 Å². The third-order valence-electron chi connectivity index (χ3n) is 3.12. The van der Waals surface area contributed by atoms with Crippen LogP contribution >= 0.6 is 11.3 Å². The number of urea groups is 1. The molecule has 2 rings (SSSR count). The first kappa shape index (κ1) is 17.1. The van der Waals surface area contributed by atoms with Crippen LogP contribution in [0.2, 0.25) is 0 Å². The third-order valence-corrected chi connectivity index (χ3v) is 6.01. The van der Waals surface area contributed by atoms with Crippen LogP contribution in [0.25, 0.3) is 0 Å². The van der Waals surface area contributed by atoms with E-state index in [4.69, 9.17) is 0 Å². The summed E-state index contributed by atoms with van der Waals surface area (Å²) < 4.78 is 26.9. The minimum absolute atomic E-state index is 0.0373. The van der Waals surface area contributed by atoms with Crippen molar-refractivity contribution in [1.29, 1.82) is 0 Å². The summed E-state index contributed by atoms with van der Waals surface area (Å²) in [5.41, 5.74) is 0.857. The Hall–Kier alpha value is -1.23. The molecule has 1 aliphatic heterocycles. The van der Waals surface area contributed by atoms with Crippen molar-refractivity contribution in [2.45, 2.75) is 32.9 Å². The van der Waals surface area contributed by atoms with Crippen LogP contribution in [0, 0.1) is 0 Å². The van der Waals surface area contributed by atoms with E-state index in [9.17, 15) is 13.2 Å². The lowest BCUT2D eigenvalue weighted by atomic mass is 10.2. The second-order valence-corrected chi connectivity index (χ2v) is 8.74. The highest BCUT2D eigenvalue weighted by Crippen LogP contribution is 2.29. The van der Waals surface area contributed by atoms with E-state index < -0.39 is 10.2 Å². The van der Waals surface area contributed by atoms with Crippen LogP contribution in [0.4, 0.5) is 9.93 Å². The number of amides is 2. The quantitative estimate of drug-likeness (QED) is 0.844. The minimum Gasteiger partial charge on any atom is -0.336 e. The number of carbonyl (C=O) groups is 1. The smallest absolute Gasteiger partial charge is 0.321 e. The molecular weight excluding hydrogens is 326 g/mol. The number of anilines is 1. The molecule has 124 valence electrons. The van der Waals surface area contributed by atoms with Crippen LogP contribution in [0.3, 0.4) is 0 Å². The number of rotatable bonds is 4. The van der Waals surface area contributed by atoms with Crippen molar-refractivity contribution in [3.05, 3.63) is 10.6 Å². The van der Waals surface area contributed by atoms with Crippen LogP contribution in [0.15, 0.2) is 0 Å². The summed E-state index contributed by atoms with van der Waals surface area (Å²) in [6.07, 6.45) is 0.548. The summed E-state index contributed by atoms with van der Waals surface area (Å²) in [5.74, 6) is 0. The molecule has 2 amide bonds. The summed E-state index contributed by atoms with van der Waals surface area (Å²) in [6, 6.07) is -0.269. The number of thiazole rings is 1. The Balaban J connectivity index is 2.09. The molecule has 0 fully saturated rings. The fraction of sp³-hybridized carbons (Fsp3) is 0.667. The molecule has 0 aliphatic carbocycles. The molecule has 0 saturated heterocycles. The lowest BCUT2D eigenvalue weighted by molar-refractivity contribution is 0.250. The van der Waals surface area contributed by atoms with Gasteiger partial charge in [0, 0.05) is 38.0 Å². The molecule has 1 aliphatic rings. The molecule has 0 saturated carbocycles. The number of hydrogen-bond donors (Lipinski definition) is 2. The van der Waals surface area contributed by atoms with Crippen molar-refractivity contribution in [1.82, 2.24) is 18.9 Å². The fourth-order valence-corrected chi connectivity index (χ4v) is 4.23. The standard InChI is InChI=1S/C12H21N5O3S2/c1-8(2)13-11(18)15-12-14-9-5-6-17(7-10(9)21-12)22(19,20)16(3)4/h8H,5-7H2,1-4H3,(H2,13,14,15,18). The van der Waals surface area contributed by atoms with E-state index in [2.05, 4.69) is 15.6 Å². The summed E-state index contributed by atoms with van der Waals surface area (Å²) >= 11 is 1.31. The van der Waals surface area contributed by atoms with Crippen molar-refractivity contribution in [3.8, 4) is 0 Å². The lowest BCUT2D eigenvalue weighted by Gasteiger charge is -2.27. The van der Waals surface area contributed by atoms with Crippen LogP contribution in [-0.4, -0.2) is 54.7 Å². The van der Waals surface area contributed by atoms with Gasteiger partial charge in [0.05, 0.1) is 12.2 Å². The topological polar surface area (TPSA) is 94.6 Å². The van der Waals surface area contributed by atoms with Gasteiger partial charge in [-0.05, 0) is 13.8 Å². The van der Waals surface area contributed by atoms with E-state index in [1.807, 2.05) is 13.8 Å². The molecule has 10 heteroatoms. The van der Waals surface area contributed by atoms with Crippen molar-refractivity contribution >= 4 is 32.7 Å². The van der Waals surface area contributed by atoms with Gasteiger partial charge >= 0.3 is 6.03 Å². The average molecular weight is 347 g/mol. The highest BCUT2D eigenvalue weighted by Gasteiger charge is 2.30. The van der Waals surface area contributed by atoms with Crippen LogP contribution in [0.5, 0.6) is 0 Å². The molecule has 0 atom stereocenters. The molecule has 2 heterocycles. The Bertz CT molecular complexity index is 654. The number of aromatic nitrogens is 1. The maximum absolute atomic E-state index is 12.2. The Morgan fingerprint density at radius 1 is 1.41 bits per heavy atom. The first-order valence-corrected chi connectivity index (χ1v) is 9.15. The molecule has 8 nitrogen and oxygen atoms in total. The van der Waals surface area contributed by atoms with E-state index in [0.29, 0.717) is 24.6 Å². The van der Waals surface area contributed by atoms with Crippen molar-refractivity contribution in [2.24, 2.45) is 0 Å². The van der Waals surface area contributed by atoms with Gasteiger partial charge in [-0.2, -0.15) is 17.0 Å². The Kier molecular flexibility index (Phi) is 5.05. The fourth-order valence-electron chi connectivity index (χ4n) is 2.05. The maximum atomic E-state index is 12.2. The summed E-state index contributed by atoms with van der Waals surface area (Å²) in [7, 11) is -0.397. The monoisotopic (exact) mass is 347 g/mol. The normalized spacial score (nSPS) is 15.9. The molecule has 0 bridgehead atoms. The minimum atomic E-state index is -3.43. The predicted molar refractivity (Wildman–Crippen MR) is 86.1 cm³/mol. The highest BCUT2D eigenvalue weighted by atomic mass is 32.2. The Morgan fingerprint density at radius 2 is 2.09 bits per heavy atom. The average Bonchev–Trinajstić information content (AvgIpc) is 2.78. The van der Waals surface area contributed by atoms with Crippen molar-refractivity contribution < 1.29 is 13.2 Å². The highest BCUT2D eigenvalue weighted by molar-refractivity contribution is 7.86. The van der Waals surface area contributed by atoms with Gasteiger partial charge in [0.25, 0.3) is 10.2 Å². The van der Waals surface area contributed by atoms with Crippen molar-refractivity contribution in [2.75, 3.05) is 26.0 Å². The van der Waals surface area contributed by atoms with E-state index in [1.165, 1.54) is 34.0 Å². The zero-order valence-electron chi connectivity index (χ0n) is 13.1. The Labute approximate surface area is 134 Å². The first-order chi connectivity index (χ1) is 10.2. The summed E-state index contributed by atoms with van der Waals surface area (Å²) in [5, 5.41) is 5.90. The molecule has 2 N–H and O–H groups in total. The maximum Gasteiger partial charge on any atom is 0.321 e. The SMILES string of the molecule is CC(C)NC(=O)Nc1nc2c(s1)CN(S(=O)(=O)N(C)C)CC2. The number of nitrogens with one attached hydrogen (secondary N) is 2. The van der Waals surface area contributed by atoms with Gasteiger partial charge in [0.1, 0.15) is 0 Å². The van der Waals surface area contributed by atoms with Crippen LogP contribution in [-0.2, 0) is 23.2 Å². The number of carbonyl (C=O) groups excluding carboxylic acids is 1. The zero-order valence-corrected chi connectivity index (χ0v) is 14.7. The number of fused-ring (bicyclic) bond motifs is 1. The first-order valence-electron chi connectivity index (χ1n) is 6.94. The Morgan fingerprint density at radius 3 is 2.68 bits per heavy atom. The molecule has 0 spiro atoms. The molecule has 22 heavy (non-hydrogen) atoms. The number of nitrogens with zero attached hydrogens (tertiary/aromatic N) is 3. The summed E-state index contributed by atoms with van der Waals surface area (Å²) in [6.45, 7) is 4.43. The molecule has 0 radical (unpaired) electrons. The largest absolute Gasteiger partial charge is 0.336 e. The van der Waals surface area contributed by atoms with E-state index in [0.717, 1.165) is 10.6 Å². The van der Waals surface area contributed by atoms with Gasteiger partial charge in [-0.15, -0.1) is 0 Å². The predicted octanol–water partition coefficient (Wildman–Crippen LogP) is 0.837. The van der Waals surface area contributed by atoms with Gasteiger partial charge in [-0.3, -0.25) is 5.32 Å². The molecule has 1 aromatic heterocycles. The molecule has 0 unspecified atom stereocenters. The van der Waals surface area contributed by atoms with Crippen LogP contribution < -0.4 is 10.6 Å². The lowest BCUT2D eigenvalue weighted by Crippen LogP contribution is -2.42.